The molecule has 2 rings (SSSR count). The van der Waals surface area contributed by atoms with Gasteiger partial charge in [-0.3, -0.25) is 9.59 Å². The average Bonchev–Trinajstić information content (AvgIpc) is 2.51. The molecule has 2 aliphatic rings. The van der Waals surface area contributed by atoms with Gasteiger partial charge in [0.1, 0.15) is 5.41 Å². The number of hydrogen-bond acceptors (Lipinski definition) is 4. The van der Waals surface area contributed by atoms with Crippen molar-refractivity contribution >= 4 is 11.9 Å². The van der Waals surface area contributed by atoms with Crippen molar-refractivity contribution < 1.29 is 14.3 Å². The van der Waals surface area contributed by atoms with E-state index in [0.717, 1.165) is 19.3 Å². The quantitative estimate of drug-likeness (QED) is 0.523. The molecule has 1 saturated carbocycles. The van der Waals surface area contributed by atoms with E-state index in [0.29, 0.717) is 12.1 Å². The number of ether oxygens (including phenoxy) is 1. The fourth-order valence-electron chi connectivity index (χ4n) is 2.85. The van der Waals surface area contributed by atoms with Crippen LogP contribution in [-0.2, 0) is 14.3 Å². The lowest BCUT2D eigenvalue weighted by Gasteiger charge is -2.38. The number of cyclic esters (lactones) is 2. The molecule has 0 radical (unpaired) electrons. The Hall–Kier alpha value is -1.32. The van der Waals surface area contributed by atoms with Crippen molar-refractivity contribution in [1.82, 2.24) is 4.90 Å². The highest BCUT2D eigenvalue weighted by Gasteiger charge is 2.60. The smallest absolute Gasteiger partial charge is 0.326 e. The summed E-state index contributed by atoms with van der Waals surface area (Å²) in [6.45, 7) is 3.97. The predicted octanol–water partition coefficient (Wildman–Crippen LogP) is 1.32. The fourth-order valence-corrected chi connectivity index (χ4v) is 2.85. The molecule has 0 spiro atoms. The minimum absolute atomic E-state index is 0.316. The molecule has 1 aliphatic carbocycles. The van der Waals surface area contributed by atoms with Gasteiger partial charge in [-0.25, -0.2) is 0 Å². The van der Waals surface area contributed by atoms with Crippen LogP contribution in [0.3, 0.4) is 0 Å². The maximum absolute atomic E-state index is 12.0. The highest BCUT2D eigenvalue weighted by molar-refractivity contribution is 6.01. The lowest BCUT2D eigenvalue weighted by molar-refractivity contribution is -0.155. The van der Waals surface area contributed by atoms with Crippen LogP contribution in [0, 0.1) is 11.3 Å². The zero-order valence-corrected chi connectivity index (χ0v) is 9.78. The molecule has 88 valence electrons. The summed E-state index contributed by atoms with van der Waals surface area (Å²) in [5.74, 6) is -1.09. The molecule has 4 heteroatoms. The fraction of sp³-hybridized carbons (Fsp3) is 0.667. The summed E-state index contributed by atoms with van der Waals surface area (Å²) in [6, 6.07) is 0. The summed E-state index contributed by atoms with van der Waals surface area (Å²) in [7, 11) is 3.69. The zero-order valence-electron chi connectivity index (χ0n) is 9.78. The first-order valence-corrected chi connectivity index (χ1v) is 5.63. The molecule has 2 atom stereocenters. The van der Waals surface area contributed by atoms with E-state index in [2.05, 4.69) is 6.58 Å². The van der Waals surface area contributed by atoms with Crippen LogP contribution in [0.25, 0.3) is 0 Å². The summed E-state index contributed by atoms with van der Waals surface area (Å²) < 4.78 is 4.82. The van der Waals surface area contributed by atoms with E-state index in [1.165, 1.54) is 0 Å². The van der Waals surface area contributed by atoms with Gasteiger partial charge in [-0.1, -0.05) is 19.4 Å². The van der Waals surface area contributed by atoms with E-state index < -0.39 is 11.4 Å². The number of esters is 2. The molecule has 1 heterocycles. The van der Waals surface area contributed by atoms with Gasteiger partial charge in [0.05, 0.1) is 5.92 Å². The van der Waals surface area contributed by atoms with Crippen molar-refractivity contribution in [2.24, 2.45) is 11.3 Å². The van der Waals surface area contributed by atoms with Crippen LogP contribution in [0.1, 0.15) is 25.7 Å². The highest BCUT2D eigenvalue weighted by atomic mass is 16.6. The Bertz CT molecular complexity index is 361. The number of carbonyl (C=O) groups excluding carboxylic acids is 2. The SMILES string of the molecule is C=C(N(C)C)C12CCCCC1C(=O)OC2=O. The lowest BCUT2D eigenvalue weighted by atomic mass is 9.65. The van der Waals surface area contributed by atoms with E-state index in [4.69, 9.17) is 4.74 Å². The van der Waals surface area contributed by atoms with Gasteiger partial charge in [0.25, 0.3) is 0 Å². The highest BCUT2D eigenvalue weighted by Crippen LogP contribution is 2.51. The second-order valence-electron chi connectivity index (χ2n) is 4.82. The molecule has 4 nitrogen and oxygen atoms in total. The molecule has 0 aromatic carbocycles. The van der Waals surface area contributed by atoms with Gasteiger partial charge in [-0.2, -0.15) is 0 Å². The summed E-state index contributed by atoms with van der Waals surface area (Å²) >= 11 is 0. The van der Waals surface area contributed by atoms with E-state index in [1.54, 1.807) is 0 Å². The second-order valence-corrected chi connectivity index (χ2v) is 4.82. The van der Waals surface area contributed by atoms with Crippen LogP contribution in [0.4, 0.5) is 0 Å². The zero-order chi connectivity index (χ0) is 11.9. The van der Waals surface area contributed by atoms with Gasteiger partial charge in [0, 0.05) is 19.8 Å². The molecule has 0 aromatic heterocycles. The molecule has 16 heavy (non-hydrogen) atoms. The first kappa shape index (κ1) is 11.2. The Morgan fingerprint density at radius 1 is 1.44 bits per heavy atom. The minimum Gasteiger partial charge on any atom is -0.392 e. The van der Waals surface area contributed by atoms with Gasteiger partial charge >= 0.3 is 11.9 Å². The second kappa shape index (κ2) is 3.61. The molecule has 0 bridgehead atoms. The third-order valence-electron chi connectivity index (χ3n) is 3.81. The van der Waals surface area contributed by atoms with Crippen LogP contribution in [0.15, 0.2) is 12.3 Å². The Morgan fingerprint density at radius 2 is 2.12 bits per heavy atom. The summed E-state index contributed by atoms with van der Waals surface area (Å²) in [6.07, 6.45) is 3.35. The molecule has 2 fully saturated rings. The van der Waals surface area contributed by atoms with E-state index in [-0.39, 0.29) is 11.9 Å². The Kier molecular flexibility index (Phi) is 2.52. The summed E-state index contributed by atoms with van der Waals surface area (Å²) in [5.41, 5.74) is -0.0770. The molecular formula is C12H17NO3. The monoisotopic (exact) mass is 223 g/mol. The van der Waals surface area contributed by atoms with Gasteiger partial charge in [0.15, 0.2) is 0 Å². The van der Waals surface area contributed by atoms with Crippen molar-refractivity contribution in [2.45, 2.75) is 25.7 Å². The third kappa shape index (κ3) is 1.29. The molecule has 2 unspecified atom stereocenters. The van der Waals surface area contributed by atoms with Crippen molar-refractivity contribution in [3.05, 3.63) is 12.3 Å². The summed E-state index contributed by atoms with van der Waals surface area (Å²) in [4.78, 5) is 25.4. The number of rotatable bonds is 2. The molecule has 0 aromatic rings. The number of hydrogen-bond donors (Lipinski definition) is 0. The van der Waals surface area contributed by atoms with Crippen molar-refractivity contribution in [2.75, 3.05) is 14.1 Å². The molecule has 0 amide bonds. The van der Waals surface area contributed by atoms with Crippen LogP contribution >= 0.6 is 0 Å². The van der Waals surface area contributed by atoms with Gasteiger partial charge in [-0.15, -0.1) is 0 Å². The van der Waals surface area contributed by atoms with Crippen LogP contribution in [0.2, 0.25) is 0 Å². The lowest BCUT2D eigenvalue weighted by Crippen LogP contribution is -2.42. The Morgan fingerprint density at radius 3 is 2.75 bits per heavy atom. The number of fused-ring (bicyclic) bond motifs is 1. The Labute approximate surface area is 95.2 Å². The molecular weight excluding hydrogens is 206 g/mol. The largest absolute Gasteiger partial charge is 0.392 e. The van der Waals surface area contributed by atoms with Crippen molar-refractivity contribution in [3.8, 4) is 0 Å². The maximum Gasteiger partial charge on any atom is 0.326 e. The molecule has 1 saturated heterocycles. The average molecular weight is 223 g/mol. The van der Waals surface area contributed by atoms with E-state index in [1.807, 2.05) is 19.0 Å². The van der Waals surface area contributed by atoms with Gasteiger partial charge in [0.2, 0.25) is 0 Å². The molecule has 0 N–H and O–H groups in total. The van der Waals surface area contributed by atoms with Gasteiger partial charge < -0.3 is 9.64 Å². The topological polar surface area (TPSA) is 46.6 Å². The maximum atomic E-state index is 12.0. The van der Waals surface area contributed by atoms with E-state index in [9.17, 15) is 9.59 Å². The van der Waals surface area contributed by atoms with E-state index >= 15 is 0 Å². The Balaban J connectivity index is 2.43. The van der Waals surface area contributed by atoms with Crippen molar-refractivity contribution in [3.63, 3.8) is 0 Å². The third-order valence-corrected chi connectivity index (χ3v) is 3.81. The van der Waals surface area contributed by atoms with Crippen LogP contribution < -0.4 is 0 Å². The predicted molar refractivity (Wildman–Crippen MR) is 58.3 cm³/mol. The summed E-state index contributed by atoms with van der Waals surface area (Å²) in [5, 5.41) is 0. The minimum atomic E-state index is -0.779. The van der Waals surface area contributed by atoms with Crippen molar-refractivity contribution in [1.29, 1.82) is 0 Å². The number of nitrogens with zero attached hydrogens (tertiary/aromatic N) is 1. The molecule has 1 aliphatic heterocycles. The normalized spacial score (nSPS) is 33.2. The van der Waals surface area contributed by atoms with Gasteiger partial charge in [-0.05, 0) is 12.8 Å². The standard InChI is InChI=1S/C12H17NO3/c1-8(13(2)3)12-7-5-4-6-9(12)10(14)16-11(12)15/h9H,1,4-7H2,2-3H3. The number of carbonyl (C=O) groups is 2. The first-order chi connectivity index (χ1) is 7.50. The first-order valence-electron chi connectivity index (χ1n) is 5.63. The van der Waals surface area contributed by atoms with Crippen LogP contribution in [-0.4, -0.2) is 30.9 Å². The van der Waals surface area contributed by atoms with Crippen LogP contribution in [0.5, 0.6) is 0 Å².